The van der Waals surface area contributed by atoms with E-state index in [2.05, 4.69) is 10.3 Å². The monoisotopic (exact) mass is 320 g/mol. The molecule has 0 aliphatic carbocycles. The largest absolute Gasteiger partial charge is 0.294 e. The van der Waals surface area contributed by atoms with E-state index in [1.54, 1.807) is 41.1 Å². The fraction of sp³-hybridized carbons (Fsp3) is 0.0588. The Morgan fingerprint density at radius 3 is 2.38 bits per heavy atom. The van der Waals surface area contributed by atoms with Gasteiger partial charge in [-0.2, -0.15) is 0 Å². The zero-order chi connectivity index (χ0) is 16.7. The van der Waals surface area contributed by atoms with Crippen molar-refractivity contribution in [1.82, 2.24) is 14.3 Å². The average molecular weight is 320 g/mol. The van der Waals surface area contributed by atoms with Gasteiger partial charge in [0.15, 0.2) is 0 Å². The van der Waals surface area contributed by atoms with Gasteiger partial charge in [-0.15, -0.1) is 0 Å². The topological polar surface area (TPSA) is 83.8 Å². The van der Waals surface area contributed by atoms with Crippen LogP contribution in [0.2, 0.25) is 0 Å². The quantitative estimate of drug-likeness (QED) is 0.743. The van der Waals surface area contributed by atoms with Gasteiger partial charge in [0.25, 0.3) is 11.8 Å². The first-order valence-corrected chi connectivity index (χ1v) is 7.32. The molecule has 0 saturated heterocycles. The van der Waals surface area contributed by atoms with Gasteiger partial charge in [-0.1, -0.05) is 18.2 Å². The lowest BCUT2D eigenvalue weighted by molar-refractivity contribution is -0.116. The Kier molecular flexibility index (Phi) is 3.13. The first kappa shape index (κ1) is 14.1. The van der Waals surface area contributed by atoms with Crippen molar-refractivity contribution in [3.63, 3.8) is 0 Å². The van der Waals surface area contributed by atoms with Crippen molar-refractivity contribution in [1.29, 1.82) is 0 Å². The Labute approximate surface area is 136 Å². The maximum Gasteiger partial charge on any atom is 0.262 e. The molecule has 0 saturated carbocycles. The lowest BCUT2D eigenvalue weighted by Crippen LogP contribution is -2.37. The fourth-order valence-electron chi connectivity index (χ4n) is 2.73. The summed E-state index contributed by atoms with van der Waals surface area (Å²) in [6.07, 6.45) is 3.39. The molecule has 3 aromatic rings. The Hall–Kier alpha value is -3.48. The summed E-state index contributed by atoms with van der Waals surface area (Å²) in [5.74, 6) is -1.06. The van der Waals surface area contributed by atoms with E-state index in [0.29, 0.717) is 17.1 Å². The lowest BCUT2D eigenvalue weighted by Gasteiger charge is -2.13. The molecule has 0 atom stereocenters. The number of aromatic nitrogens is 2. The van der Waals surface area contributed by atoms with Gasteiger partial charge in [0.1, 0.15) is 6.54 Å². The average Bonchev–Trinajstić information content (AvgIpc) is 3.11. The number of anilines is 1. The zero-order valence-corrected chi connectivity index (χ0v) is 12.5. The van der Waals surface area contributed by atoms with Gasteiger partial charge in [0.05, 0.1) is 22.8 Å². The van der Waals surface area contributed by atoms with Crippen LogP contribution < -0.4 is 5.32 Å². The second-order valence-corrected chi connectivity index (χ2v) is 5.37. The van der Waals surface area contributed by atoms with Crippen LogP contribution in [0.3, 0.4) is 0 Å². The molecule has 3 amide bonds. The number of carbonyl (C=O) groups excluding carboxylic acids is 3. The molecule has 0 radical (unpaired) electrons. The van der Waals surface area contributed by atoms with Gasteiger partial charge in [-0.3, -0.25) is 29.0 Å². The normalized spacial score (nSPS) is 13.4. The van der Waals surface area contributed by atoms with Crippen LogP contribution in [0.1, 0.15) is 20.7 Å². The van der Waals surface area contributed by atoms with Gasteiger partial charge < -0.3 is 0 Å². The number of carbonyl (C=O) groups is 3. The van der Waals surface area contributed by atoms with Crippen molar-refractivity contribution in [2.75, 3.05) is 11.9 Å². The number of hydrogen-bond donors (Lipinski definition) is 1. The number of nitrogens with one attached hydrogen (secondary N) is 1. The summed E-state index contributed by atoms with van der Waals surface area (Å²) in [4.78, 5) is 41.8. The Balaban J connectivity index is 1.53. The first-order chi connectivity index (χ1) is 11.6. The van der Waals surface area contributed by atoms with E-state index >= 15 is 0 Å². The summed E-state index contributed by atoms with van der Waals surface area (Å²) in [5, 5.41) is 2.63. The standard InChI is InChI=1S/C17H12N4O3/c22-14(19-17-18-9-11-5-3-4-8-20(11)17)10-21-15(23)12-6-1-2-7-13(12)16(21)24/h1-9H,10H2,(H,18,19,22). The molecule has 1 aliphatic heterocycles. The first-order valence-electron chi connectivity index (χ1n) is 7.32. The molecular formula is C17H12N4O3. The summed E-state index contributed by atoms with van der Waals surface area (Å²) in [6, 6.07) is 12.1. The molecule has 1 aromatic carbocycles. The van der Waals surface area contributed by atoms with Crippen LogP contribution in [0.5, 0.6) is 0 Å². The molecular weight excluding hydrogens is 308 g/mol. The fourth-order valence-corrected chi connectivity index (χ4v) is 2.73. The smallest absolute Gasteiger partial charge is 0.262 e. The highest BCUT2D eigenvalue weighted by atomic mass is 16.2. The van der Waals surface area contributed by atoms with Crippen LogP contribution in [-0.2, 0) is 4.79 Å². The highest BCUT2D eigenvalue weighted by Gasteiger charge is 2.36. The molecule has 1 aliphatic rings. The number of imide groups is 1. The minimum Gasteiger partial charge on any atom is -0.294 e. The van der Waals surface area contributed by atoms with E-state index in [1.807, 2.05) is 18.2 Å². The van der Waals surface area contributed by atoms with Gasteiger partial charge in [-0.25, -0.2) is 4.98 Å². The molecule has 0 fully saturated rings. The summed E-state index contributed by atoms with van der Waals surface area (Å²) < 4.78 is 1.71. The predicted molar refractivity (Wildman–Crippen MR) is 85.6 cm³/mol. The number of imidazole rings is 1. The number of rotatable bonds is 3. The van der Waals surface area contributed by atoms with Crippen LogP contribution >= 0.6 is 0 Å². The molecule has 0 spiro atoms. The summed E-state index contributed by atoms with van der Waals surface area (Å²) in [7, 11) is 0. The molecule has 7 heteroatoms. The highest BCUT2D eigenvalue weighted by Crippen LogP contribution is 2.22. The summed E-state index contributed by atoms with van der Waals surface area (Å²) in [6.45, 7) is -0.353. The predicted octanol–water partition coefficient (Wildman–Crippen LogP) is 1.57. The second-order valence-electron chi connectivity index (χ2n) is 5.37. The Bertz CT molecular complexity index is 957. The maximum absolute atomic E-state index is 12.3. The summed E-state index contributed by atoms with van der Waals surface area (Å²) >= 11 is 0. The molecule has 3 heterocycles. The van der Waals surface area contributed by atoms with E-state index in [0.717, 1.165) is 10.4 Å². The van der Waals surface area contributed by atoms with Crippen LogP contribution in [0.25, 0.3) is 5.52 Å². The minimum atomic E-state index is -0.485. The van der Waals surface area contributed by atoms with Crippen LogP contribution in [-0.4, -0.2) is 38.6 Å². The van der Waals surface area contributed by atoms with Gasteiger partial charge in [0.2, 0.25) is 11.9 Å². The molecule has 0 bridgehead atoms. The third-order valence-electron chi connectivity index (χ3n) is 3.87. The Morgan fingerprint density at radius 2 is 1.67 bits per heavy atom. The molecule has 118 valence electrons. The van der Waals surface area contributed by atoms with Crippen LogP contribution in [0.15, 0.2) is 54.9 Å². The van der Waals surface area contributed by atoms with Crippen LogP contribution in [0, 0.1) is 0 Å². The molecule has 0 unspecified atom stereocenters. The van der Waals surface area contributed by atoms with E-state index < -0.39 is 17.7 Å². The van der Waals surface area contributed by atoms with E-state index in [1.165, 1.54) is 0 Å². The molecule has 4 rings (SSSR count). The van der Waals surface area contributed by atoms with Gasteiger partial charge in [0, 0.05) is 6.20 Å². The maximum atomic E-state index is 12.3. The third-order valence-corrected chi connectivity index (χ3v) is 3.87. The highest BCUT2D eigenvalue weighted by molar-refractivity contribution is 6.22. The van der Waals surface area contributed by atoms with Gasteiger partial charge in [-0.05, 0) is 24.3 Å². The number of hydrogen-bond acceptors (Lipinski definition) is 4. The molecule has 7 nitrogen and oxygen atoms in total. The van der Waals surface area contributed by atoms with Crippen molar-refractivity contribution in [3.05, 3.63) is 66.0 Å². The Morgan fingerprint density at radius 1 is 1.00 bits per heavy atom. The number of fused-ring (bicyclic) bond motifs is 2. The SMILES string of the molecule is O=C(CN1C(=O)c2ccccc2C1=O)Nc1ncc2ccccn12. The zero-order valence-electron chi connectivity index (χ0n) is 12.5. The van der Waals surface area contributed by atoms with E-state index in [9.17, 15) is 14.4 Å². The lowest BCUT2D eigenvalue weighted by atomic mass is 10.1. The van der Waals surface area contributed by atoms with E-state index in [-0.39, 0.29) is 6.54 Å². The second kappa shape index (κ2) is 5.31. The van der Waals surface area contributed by atoms with Crippen molar-refractivity contribution < 1.29 is 14.4 Å². The third kappa shape index (κ3) is 2.14. The molecule has 24 heavy (non-hydrogen) atoms. The number of amides is 3. The van der Waals surface area contributed by atoms with Crippen molar-refractivity contribution in [3.8, 4) is 0 Å². The van der Waals surface area contributed by atoms with Gasteiger partial charge >= 0.3 is 0 Å². The van der Waals surface area contributed by atoms with Crippen molar-refractivity contribution >= 4 is 29.2 Å². The summed E-state index contributed by atoms with van der Waals surface area (Å²) in [5.41, 5.74) is 1.47. The van der Waals surface area contributed by atoms with Crippen molar-refractivity contribution in [2.24, 2.45) is 0 Å². The van der Waals surface area contributed by atoms with E-state index in [4.69, 9.17) is 0 Å². The number of benzene rings is 1. The van der Waals surface area contributed by atoms with Crippen molar-refractivity contribution in [2.45, 2.75) is 0 Å². The number of nitrogens with zero attached hydrogens (tertiary/aromatic N) is 3. The molecule has 2 aromatic heterocycles. The minimum absolute atomic E-state index is 0.321. The van der Waals surface area contributed by atoms with Crippen LogP contribution in [0.4, 0.5) is 5.95 Å². The molecule has 1 N–H and O–H groups in total. The number of pyridine rings is 1.